The van der Waals surface area contributed by atoms with Gasteiger partial charge in [-0.25, -0.2) is 0 Å². The van der Waals surface area contributed by atoms with Gasteiger partial charge in [0.1, 0.15) is 0 Å². The fourth-order valence-corrected chi connectivity index (χ4v) is 3.26. The van der Waals surface area contributed by atoms with Crippen molar-refractivity contribution < 1.29 is 4.79 Å². The van der Waals surface area contributed by atoms with Crippen molar-refractivity contribution in [3.8, 4) is 0 Å². The highest BCUT2D eigenvalue weighted by atomic mass is 32.2. The molecule has 0 aliphatic heterocycles. The summed E-state index contributed by atoms with van der Waals surface area (Å²) in [5.41, 5.74) is 4.95. The number of carbonyl (C=O) groups is 1. The van der Waals surface area contributed by atoms with E-state index in [1.54, 1.807) is 11.8 Å². The van der Waals surface area contributed by atoms with Crippen LogP contribution in [0.1, 0.15) is 47.4 Å². The maximum Gasteiger partial charge on any atom is 0.230 e. The molecule has 0 aliphatic carbocycles. The van der Waals surface area contributed by atoms with Crippen molar-refractivity contribution in [2.75, 3.05) is 5.75 Å². The number of aryl methyl sites for hydroxylation is 2. The van der Waals surface area contributed by atoms with Crippen LogP contribution in [0.15, 0.2) is 48.5 Å². The minimum absolute atomic E-state index is 0.0365. The second-order valence-electron chi connectivity index (χ2n) is 6.00. The van der Waals surface area contributed by atoms with Gasteiger partial charge in [0.2, 0.25) is 5.91 Å². The monoisotopic (exact) mass is 327 g/mol. The molecule has 0 heterocycles. The van der Waals surface area contributed by atoms with Crippen LogP contribution < -0.4 is 5.32 Å². The quantitative estimate of drug-likeness (QED) is 0.811. The summed E-state index contributed by atoms with van der Waals surface area (Å²) in [5.74, 6) is 0.564. The summed E-state index contributed by atoms with van der Waals surface area (Å²) >= 11 is 1.67. The molecule has 122 valence electrons. The Kier molecular flexibility index (Phi) is 6.28. The maximum atomic E-state index is 12.2. The fraction of sp³-hybridized carbons (Fsp3) is 0.350. The minimum atomic E-state index is 0.0365. The van der Waals surface area contributed by atoms with E-state index in [1.165, 1.54) is 16.7 Å². The summed E-state index contributed by atoms with van der Waals surface area (Å²) in [6, 6.07) is 16.7. The first-order chi connectivity index (χ1) is 11.0. The third kappa shape index (κ3) is 5.14. The smallest absolute Gasteiger partial charge is 0.230 e. The van der Waals surface area contributed by atoms with Crippen molar-refractivity contribution in [3.63, 3.8) is 0 Å². The lowest BCUT2D eigenvalue weighted by Crippen LogP contribution is -2.28. The molecule has 0 saturated carbocycles. The highest BCUT2D eigenvalue weighted by Gasteiger charge is 2.12. The molecule has 2 nitrogen and oxygen atoms in total. The SMILES string of the molecule is Cc1ccc([C@H](C)NC(=O)CS[C@H](C)c2ccccc2)cc1C. The molecule has 3 heteroatoms. The van der Waals surface area contributed by atoms with Crippen LogP contribution in [0.5, 0.6) is 0 Å². The third-order valence-corrected chi connectivity index (χ3v) is 5.34. The number of carbonyl (C=O) groups excluding carboxylic acids is 1. The lowest BCUT2D eigenvalue weighted by molar-refractivity contribution is -0.119. The predicted molar refractivity (Wildman–Crippen MR) is 99.8 cm³/mol. The van der Waals surface area contributed by atoms with E-state index in [-0.39, 0.29) is 11.9 Å². The Morgan fingerprint density at radius 3 is 2.35 bits per heavy atom. The lowest BCUT2D eigenvalue weighted by atomic mass is 10.0. The predicted octanol–water partition coefficient (Wildman–Crippen LogP) is 4.98. The molecule has 2 atom stereocenters. The Balaban J connectivity index is 1.85. The molecule has 0 saturated heterocycles. The Morgan fingerprint density at radius 1 is 1.00 bits per heavy atom. The molecule has 2 aromatic carbocycles. The van der Waals surface area contributed by atoms with Gasteiger partial charge in [-0.15, -0.1) is 11.8 Å². The van der Waals surface area contributed by atoms with E-state index in [4.69, 9.17) is 0 Å². The molecule has 0 spiro atoms. The van der Waals surface area contributed by atoms with Crippen LogP contribution in [0, 0.1) is 13.8 Å². The summed E-state index contributed by atoms with van der Waals surface area (Å²) < 4.78 is 0. The van der Waals surface area contributed by atoms with E-state index in [1.807, 2.05) is 25.1 Å². The molecule has 2 aromatic rings. The topological polar surface area (TPSA) is 29.1 Å². The Hall–Kier alpha value is -1.74. The Morgan fingerprint density at radius 2 is 1.70 bits per heavy atom. The zero-order chi connectivity index (χ0) is 16.8. The van der Waals surface area contributed by atoms with Gasteiger partial charge in [0, 0.05) is 5.25 Å². The number of hydrogen-bond donors (Lipinski definition) is 1. The zero-order valence-corrected chi connectivity index (χ0v) is 15.1. The van der Waals surface area contributed by atoms with Gasteiger partial charge in [-0.1, -0.05) is 48.5 Å². The van der Waals surface area contributed by atoms with Gasteiger partial charge in [0.15, 0.2) is 0 Å². The zero-order valence-electron chi connectivity index (χ0n) is 14.3. The first kappa shape index (κ1) is 17.6. The van der Waals surface area contributed by atoms with E-state index in [0.717, 1.165) is 5.56 Å². The average molecular weight is 327 g/mol. The molecular weight excluding hydrogens is 302 g/mol. The molecule has 0 bridgehead atoms. The van der Waals surface area contributed by atoms with Gasteiger partial charge in [-0.05, 0) is 49.9 Å². The van der Waals surface area contributed by atoms with Gasteiger partial charge >= 0.3 is 0 Å². The van der Waals surface area contributed by atoms with Gasteiger partial charge in [0.25, 0.3) is 0 Å². The van der Waals surface area contributed by atoms with Crippen molar-refractivity contribution >= 4 is 17.7 Å². The van der Waals surface area contributed by atoms with Crippen LogP contribution in [-0.2, 0) is 4.79 Å². The van der Waals surface area contributed by atoms with Crippen molar-refractivity contribution in [3.05, 3.63) is 70.8 Å². The van der Waals surface area contributed by atoms with Gasteiger partial charge < -0.3 is 5.32 Å². The molecule has 0 radical (unpaired) electrons. The van der Waals surface area contributed by atoms with Crippen LogP contribution >= 0.6 is 11.8 Å². The Labute approximate surface area is 143 Å². The molecule has 2 rings (SSSR count). The van der Waals surface area contributed by atoms with Crippen molar-refractivity contribution in [2.45, 2.75) is 39.0 Å². The van der Waals surface area contributed by atoms with Gasteiger partial charge in [-0.3, -0.25) is 4.79 Å². The summed E-state index contributed by atoms with van der Waals surface area (Å²) in [5, 5.41) is 3.41. The molecule has 0 aromatic heterocycles. The molecule has 0 unspecified atom stereocenters. The molecule has 1 N–H and O–H groups in total. The third-order valence-electron chi connectivity index (χ3n) is 4.14. The van der Waals surface area contributed by atoms with Crippen LogP contribution in [0.25, 0.3) is 0 Å². The Bertz CT molecular complexity index is 654. The van der Waals surface area contributed by atoms with Crippen LogP contribution in [-0.4, -0.2) is 11.7 Å². The van der Waals surface area contributed by atoms with E-state index in [9.17, 15) is 4.79 Å². The first-order valence-corrected chi connectivity index (χ1v) is 9.05. The second-order valence-corrected chi connectivity index (χ2v) is 7.33. The van der Waals surface area contributed by atoms with E-state index in [2.05, 4.69) is 56.4 Å². The van der Waals surface area contributed by atoms with E-state index in [0.29, 0.717) is 11.0 Å². The molecule has 0 aliphatic rings. The number of thioether (sulfide) groups is 1. The highest BCUT2D eigenvalue weighted by molar-refractivity contribution is 8.00. The van der Waals surface area contributed by atoms with Crippen molar-refractivity contribution in [1.82, 2.24) is 5.32 Å². The summed E-state index contributed by atoms with van der Waals surface area (Å²) in [6.45, 7) is 8.38. The largest absolute Gasteiger partial charge is 0.349 e. The van der Waals surface area contributed by atoms with Gasteiger partial charge in [0.05, 0.1) is 11.8 Å². The normalized spacial score (nSPS) is 13.4. The molecular formula is C20H25NOS. The van der Waals surface area contributed by atoms with E-state index >= 15 is 0 Å². The summed E-state index contributed by atoms with van der Waals surface area (Å²) in [6.07, 6.45) is 0. The highest BCUT2D eigenvalue weighted by Crippen LogP contribution is 2.27. The van der Waals surface area contributed by atoms with Gasteiger partial charge in [-0.2, -0.15) is 0 Å². The maximum absolute atomic E-state index is 12.2. The molecule has 1 amide bonds. The average Bonchev–Trinajstić information content (AvgIpc) is 2.55. The minimum Gasteiger partial charge on any atom is -0.349 e. The van der Waals surface area contributed by atoms with Crippen molar-refractivity contribution in [2.24, 2.45) is 0 Å². The number of rotatable bonds is 6. The first-order valence-electron chi connectivity index (χ1n) is 8.00. The lowest BCUT2D eigenvalue weighted by Gasteiger charge is -2.17. The second kappa shape index (κ2) is 8.21. The molecule has 23 heavy (non-hydrogen) atoms. The van der Waals surface area contributed by atoms with Crippen molar-refractivity contribution in [1.29, 1.82) is 0 Å². The number of hydrogen-bond acceptors (Lipinski definition) is 2. The number of amides is 1. The summed E-state index contributed by atoms with van der Waals surface area (Å²) in [4.78, 5) is 12.2. The van der Waals surface area contributed by atoms with Crippen LogP contribution in [0.2, 0.25) is 0 Å². The van der Waals surface area contributed by atoms with Crippen LogP contribution in [0.4, 0.5) is 0 Å². The number of nitrogens with one attached hydrogen (secondary N) is 1. The van der Waals surface area contributed by atoms with Crippen LogP contribution in [0.3, 0.4) is 0 Å². The van der Waals surface area contributed by atoms with E-state index < -0.39 is 0 Å². The number of benzene rings is 2. The summed E-state index contributed by atoms with van der Waals surface area (Å²) in [7, 11) is 0. The fourth-order valence-electron chi connectivity index (χ4n) is 2.42. The molecule has 0 fully saturated rings. The standard InChI is InChI=1S/C20H25NOS/c1-14-10-11-19(12-15(14)2)16(3)21-20(22)13-23-17(4)18-8-6-5-7-9-18/h5-12,16-17H,13H2,1-4H3,(H,21,22)/t16-,17+/m0/s1.